The third-order valence-electron chi connectivity index (χ3n) is 2.95. The molecule has 2 rings (SSSR count). The minimum absolute atomic E-state index is 0.219. The molecule has 22 heavy (non-hydrogen) atoms. The van der Waals surface area contributed by atoms with Crippen molar-refractivity contribution in [2.45, 2.75) is 25.3 Å². The molecule has 1 heterocycles. The van der Waals surface area contributed by atoms with Crippen LogP contribution in [0.5, 0.6) is 0 Å². The number of carbonyl (C=O) groups excluding carboxylic acids is 2. The van der Waals surface area contributed by atoms with E-state index in [4.69, 9.17) is 0 Å². The maximum atomic E-state index is 11.8. The van der Waals surface area contributed by atoms with Gasteiger partial charge < -0.3 is 5.32 Å². The lowest BCUT2D eigenvalue weighted by Gasteiger charge is -2.07. The molecule has 4 nitrogen and oxygen atoms in total. The first-order chi connectivity index (χ1) is 10.5. The van der Waals surface area contributed by atoms with Gasteiger partial charge in [0.2, 0.25) is 5.91 Å². The molecular weight excluding hydrogens is 316 g/mol. The zero-order chi connectivity index (χ0) is 15.9. The van der Waals surface area contributed by atoms with Crippen LogP contribution in [-0.4, -0.2) is 17.7 Å². The van der Waals surface area contributed by atoms with Gasteiger partial charge in [-0.15, -0.1) is 23.1 Å². The first-order valence-electron chi connectivity index (χ1n) is 6.84. The van der Waals surface area contributed by atoms with E-state index in [9.17, 15) is 9.59 Å². The van der Waals surface area contributed by atoms with Crippen LogP contribution in [0, 0.1) is 13.8 Å². The normalized spacial score (nSPS) is 10.3. The number of aryl methyl sites for hydroxylation is 2. The van der Waals surface area contributed by atoms with Gasteiger partial charge in [0.15, 0.2) is 0 Å². The first-order valence-corrected chi connectivity index (χ1v) is 8.71. The van der Waals surface area contributed by atoms with Gasteiger partial charge in [-0.1, -0.05) is 23.8 Å². The molecule has 0 unspecified atom stereocenters. The highest BCUT2D eigenvalue weighted by Crippen LogP contribution is 2.22. The van der Waals surface area contributed by atoms with Gasteiger partial charge in [-0.05, 0) is 36.9 Å². The smallest absolute Gasteiger partial charge is 0.321 e. The Labute approximate surface area is 138 Å². The van der Waals surface area contributed by atoms with Gasteiger partial charge in [-0.2, -0.15) is 0 Å². The number of carbonyl (C=O) groups is 2. The SMILES string of the molecule is Cc1ccc(SCC(=O)NC(=O)NCc2cccs2)c(C)c1. The fourth-order valence-corrected chi connectivity index (χ4v) is 3.35. The molecule has 0 fully saturated rings. The highest BCUT2D eigenvalue weighted by atomic mass is 32.2. The number of nitrogens with one attached hydrogen (secondary N) is 2. The molecule has 1 aromatic carbocycles. The summed E-state index contributed by atoms with van der Waals surface area (Å²) in [7, 11) is 0. The Bertz CT molecular complexity index is 654. The molecule has 0 saturated heterocycles. The van der Waals surface area contributed by atoms with Gasteiger partial charge in [-0.3, -0.25) is 10.1 Å². The van der Waals surface area contributed by atoms with Crippen LogP contribution in [0.4, 0.5) is 4.79 Å². The van der Waals surface area contributed by atoms with E-state index in [0.29, 0.717) is 6.54 Å². The number of hydrogen-bond acceptors (Lipinski definition) is 4. The topological polar surface area (TPSA) is 58.2 Å². The average molecular weight is 334 g/mol. The summed E-state index contributed by atoms with van der Waals surface area (Å²) in [6.45, 7) is 4.48. The molecule has 0 aliphatic rings. The molecular formula is C16H18N2O2S2. The molecule has 2 aromatic rings. The van der Waals surface area contributed by atoms with Gasteiger partial charge in [0.05, 0.1) is 12.3 Å². The highest BCUT2D eigenvalue weighted by molar-refractivity contribution is 8.00. The van der Waals surface area contributed by atoms with Crippen molar-refractivity contribution in [3.63, 3.8) is 0 Å². The summed E-state index contributed by atoms with van der Waals surface area (Å²) < 4.78 is 0. The van der Waals surface area contributed by atoms with Crippen molar-refractivity contribution in [3.8, 4) is 0 Å². The minimum atomic E-state index is -0.459. The summed E-state index contributed by atoms with van der Waals surface area (Å²) in [5.74, 6) is -0.0790. The van der Waals surface area contributed by atoms with Crippen molar-refractivity contribution in [1.82, 2.24) is 10.6 Å². The highest BCUT2D eigenvalue weighted by Gasteiger charge is 2.09. The van der Waals surface area contributed by atoms with Gasteiger partial charge in [0, 0.05) is 9.77 Å². The fourth-order valence-electron chi connectivity index (χ4n) is 1.89. The molecule has 0 spiro atoms. The van der Waals surface area contributed by atoms with E-state index in [1.54, 1.807) is 11.3 Å². The summed E-state index contributed by atoms with van der Waals surface area (Å²) >= 11 is 2.99. The Morgan fingerprint density at radius 2 is 2.05 bits per heavy atom. The van der Waals surface area contributed by atoms with E-state index in [1.807, 2.05) is 43.5 Å². The van der Waals surface area contributed by atoms with Gasteiger partial charge >= 0.3 is 6.03 Å². The van der Waals surface area contributed by atoms with Crippen LogP contribution in [0.15, 0.2) is 40.6 Å². The molecule has 0 atom stereocenters. The van der Waals surface area contributed by atoms with Crippen molar-refractivity contribution in [2.24, 2.45) is 0 Å². The lowest BCUT2D eigenvalue weighted by Crippen LogP contribution is -2.39. The van der Waals surface area contributed by atoms with Crippen LogP contribution in [-0.2, 0) is 11.3 Å². The number of rotatable bonds is 5. The molecule has 0 aliphatic carbocycles. The fraction of sp³-hybridized carbons (Fsp3) is 0.250. The summed E-state index contributed by atoms with van der Waals surface area (Å²) in [5.41, 5.74) is 2.33. The maximum absolute atomic E-state index is 11.8. The summed E-state index contributed by atoms with van der Waals surface area (Å²) in [6.07, 6.45) is 0. The number of urea groups is 1. The first kappa shape index (κ1) is 16.6. The summed E-state index contributed by atoms with van der Waals surface area (Å²) in [6, 6.07) is 9.49. The largest absolute Gasteiger partial charge is 0.333 e. The molecule has 6 heteroatoms. The zero-order valence-electron chi connectivity index (χ0n) is 12.5. The predicted octanol–water partition coefficient (Wildman–Crippen LogP) is 3.48. The van der Waals surface area contributed by atoms with Crippen molar-refractivity contribution in [2.75, 3.05) is 5.75 Å². The Hall–Kier alpha value is -1.79. The number of benzene rings is 1. The lowest BCUT2D eigenvalue weighted by molar-refractivity contribution is -0.117. The zero-order valence-corrected chi connectivity index (χ0v) is 14.1. The summed E-state index contributed by atoms with van der Waals surface area (Å²) in [5, 5.41) is 6.95. The molecule has 1 aromatic heterocycles. The predicted molar refractivity (Wildman–Crippen MR) is 91.3 cm³/mol. The van der Waals surface area contributed by atoms with E-state index in [0.717, 1.165) is 15.3 Å². The van der Waals surface area contributed by atoms with Crippen LogP contribution < -0.4 is 10.6 Å². The second-order valence-corrected chi connectivity index (χ2v) is 6.92. The molecule has 0 aliphatic heterocycles. The number of thiophene rings is 1. The molecule has 0 saturated carbocycles. The van der Waals surface area contributed by atoms with Crippen molar-refractivity contribution < 1.29 is 9.59 Å². The Morgan fingerprint density at radius 3 is 2.73 bits per heavy atom. The number of amides is 3. The van der Waals surface area contributed by atoms with Gasteiger partial charge in [0.1, 0.15) is 0 Å². The number of hydrogen-bond donors (Lipinski definition) is 2. The van der Waals surface area contributed by atoms with Crippen molar-refractivity contribution >= 4 is 35.0 Å². The standard InChI is InChI=1S/C16H18N2O2S2/c1-11-5-6-14(12(2)8-11)22-10-15(19)18-16(20)17-9-13-4-3-7-21-13/h3-8H,9-10H2,1-2H3,(H2,17,18,19,20). The van der Waals surface area contributed by atoms with Crippen LogP contribution in [0.3, 0.4) is 0 Å². The molecule has 0 radical (unpaired) electrons. The molecule has 0 bridgehead atoms. The van der Waals surface area contributed by atoms with E-state index in [1.165, 1.54) is 17.3 Å². The minimum Gasteiger partial charge on any atom is -0.333 e. The van der Waals surface area contributed by atoms with E-state index >= 15 is 0 Å². The molecule has 116 valence electrons. The van der Waals surface area contributed by atoms with Crippen LogP contribution >= 0.6 is 23.1 Å². The monoisotopic (exact) mass is 334 g/mol. The Morgan fingerprint density at radius 1 is 1.23 bits per heavy atom. The van der Waals surface area contributed by atoms with E-state index in [2.05, 4.69) is 16.7 Å². The van der Waals surface area contributed by atoms with Gasteiger partial charge in [0.25, 0.3) is 0 Å². The van der Waals surface area contributed by atoms with E-state index in [-0.39, 0.29) is 11.7 Å². The second kappa shape index (κ2) is 8.00. The van der Waals surface area contributed by atoms with Crippen molar-refractivity contribution in [3.05, 3.63) is 51.7 Å². The van der Waals surface area contributed by atoms with Crippen LogP contribution in [0.2, 0.25) is 0 Å². The molecule has 3 amide bonds. The summed E-state index contributed by atoms with van der Waals surface area (Å²) in [4.78, 5) is 25.5. The number of imide groups is 1. The average Bonchev–Trinajstić information content (AvgIpc) is 2.97. The Balaban J connectivity index is 1.74. The van der Waals surface area contributed by atoms with Crippen LogP contribution in [0.25, 0.3) is 0 Å². The third-order valence-corrected chi connectivity index (χ3v) is 5.00. The third kappa shape index (κ3) is 5.20. The maximum Gasteiger partial charge on any atom is 0.321 e. The quantitative estimate of drug-likeness (QED) is 0.823. The van der Waals surface area contributed by atoms with Gasteiger partial charge in [-0.25, -0.2) is 4.79 Å². The molecule has 2 N–H and O–H groups in total. The van der Waals surface area contributed by atoms with E-state index < -0.39 is 6.03 Å². The van der Waals surface area contributed by atoms with Crippen LogP contribution in [0.1, 0.15) is 16.0 Å². The second-order valence-electron chi connectivity index (χ2n) is 4.87. The Kier molecular flexibility index (Phi) is 6.03. The number of thioether (sulfide) groups is 1. The lowest BCUT2D eigenvalue weighted by atomic mass is 10.2. The van der Waals surface area contributed by atoms with Crippen molar-refractivity contribution in [1.29, 1.82) is 0 Å².